The zero-order valence-corrected chi connectivity index (χ0v) is 22.1. The summed E-state index contributed by atoms with van der Waals surface area (Å²) in [5, 5.41) is 6.17. The van der Waals surface area contributed by atoms with E-state index < -0.39 is 0 Å². The lowest BCUT2D eigenvalue weighted by Crippen LogP contribution is -2.37. The highest BCUT2D eigenvalue weighted by Crippen LogP contribution is 2.49. The second-order valence-electron chi connectivity index (χ2n) is 9.55. The molecule has 4 nitrogen and oxygen atoms in total. The van der Waals surface area contributed by atoms with Crippen LogP contribution >= 0.6 is 22.6 Å². The first kappa shape index (κ1) is 23.1. The monoisotopic (exact) mass is 585 g/mol. The molecule has 0 fully saturated rings. The van der Waals surface area contributed by atoms with Gasteiger partial charge in [0.15, 0.2) is 0 Å². The fraction of sp³-hybridized carbons (Fsp3) is 0.194. The summed E-state index contributed by atoms with van der Waals surface area (Å²) in [5.74, 6) is 0.621. The molecule has 0 aromatic heterocycles. The van der Waals surface area contributed by atoms with Crippen LogP contribution in [-0.4, -0.2) is 19.1 Å². The van der Waals surface area contributed by atoms with Crippen LogP contribution in [0.5, 0.6) is 0 Å². The minimum absolute atomic E-state index is 0.220. The third-order valence-electron chi connectivity index (χ3n) is 7.40. The molecule has 5 heteroatoms. The van der Waals surface area contributed by atoms with Crippen molar-refractivity contribution in [3.05, 3.63) is 123 Å². The first-order valence-corrected chi connectivity index (χ1v) is 13.6. The van der Waals surface area contributed by atoms with Gasteiger partial charge in [-0.2, -0.15) is 0 Å². The molecule has 2 atom stereocenters. The predicted molar refractivity (Wildman–Crippen MR) is 156 cm³/mol. The van der Waals surface area contributed by atoms with Crippen LogP contribution in [0.3, 0.4) is 0 Å². The van der Waals surface area contributed by atoms with E-state index in [1.165, 1.54) is 27.9 Å². The lowest BCUT2D eigenvalue weighted by atomic mass is 9.76. The molecule has 0 saturated heterocycles. The first-order chi connectivity index (χ1) is 17.7. The molecule has 36 heavy (non-hydrogen) atoms. The topological polar surface area (TPSA) is 44.4 Å². The van der Waals surface area contributed by atoms with Gasteiger partial charge < -0.3 is 15.5 Å². The average molecular weight is 585 g/mol. The van der Waals surface area contributed by atoms with Crippen LogP contribution < -0.4 is 15.5 Å². The number of nitrogens with one attached hydrogen (secondary N) is 2. The Morgan fingerprint density at radius 3 is 1.81 bits per heavy atom. The molecule has 2 aliphatic heterocycles. The van der Waals surface area contributed by atoms with Gasteiger partial charge in [0.1, 0.15) is 0 Å². The van der Waals surface area contributed by atoms with E-state index in [0.29, 0.717) is 11.8 Å². The van der Waals surface area contributed by atoms with Crippen molar-refractivity contribution in [1.82, 2.24) is 0 Å². The number of hydrogen-bond acceptors (Lipinski definition) is 2. The molecule has 2 amide bonds. The van der Waals surface area contributed by atoms with Crippen LogP contribution in [0, 0.1) is 3.57 Å². The fourth-order valence-corrected chi connectivity index (χ4v) is 6.30. The van der Waals surface area contributed by atoms with Crippen LogP contribution in [0.2, 0.25) is 0 Å². The Hall–Kier alpha value is -3.32. The van der Waals surface area contributed by atoms with E-state index in [1.807, 2.05) is 24.3 Å². The zero-order chi connectivity index (χ0) is 24.5. The highest BCUT2D eigenvalue weighted by Gasteiger charge is 2.35. The van der Waals surface area contributed by atoms with Gasteiger partial charge in [-0.3, -0.25) is 0 Å². The van der Waals surface area contributed by atoms with Gasteiger partial charge in [-0.1, -0.05) is 72.8 Å². The number of halogens is 1. The molecule has 2 heterocycles. The van der Waals surface area contributed by atoms with Crippen LogP contribution in [-0.2, 0) is 0 Å². The third kappa shape index (κ3) is 4.48. The Kier molecular flexibility index (Phi) is 6.40. The Morgan fingerprint density at radius 2 is 1.25 bits per heavy atom. The molecule has 6 rings (SSSR count). The molecule has 2 unspecified atom stereocenters. The summed E-state index contributed by atoms with van der Waals surface area (Å²) in [6.45, 7) is 2.11. The van der Waals surface area contributed by atoms with Gasteiger partial charge in [-0.25, -0.2) is 4.79 Å². The van der Waals surface area contributed by atoms with Gasteiger partial charge in [-0.15, -0.1) is 0 Å². The van der Waals surface area contributed by atoms with Crippen molar-refractivity contribution in [2.45, 2.75) is 24.7 Å². The predicted octanol–water partition coefficient (Wildman–Crippen LogP) is 7.81. The van der Waals surface area contributed by atoms with E-state index in [0.717, 1.165) is 40.9 Å². The van der Waals surface area contributed by atoms with Crippen molar-refractivity contribution < 1.29 is 4.79 Å². The molecule has 0 aliphatic carbocycles. The molecule has 4 aromatic rings. The van der Waals surface area contributed by atoms with E-state index in [2.05, 4.69) is 111 Å². The summed E-state index contributed by atoms with van der Waals surface area (Å²) in [6, 6.07) is 33.6. The Labute approximate surface area is 225 Å². The Bertz CT molecular complexity index is 1320. The van der Waals surface area contributed by atoms with Crippen LogP contribution in [0.4, 0.5) is 21.9 Å². The van der Waals surface area contributed by atoms with Crippen molar-refractivity contribution in [2.24, 2.45) is 0 Å². The molecule has 180 valence electrons. The number of urea groups is 1. The molecule has 0 spiro atoms. The summed E-state index contributed by atoms with van der Waals surface area (Å²) < 4.78 is 1.01. The van der Waals surface area contributed by atoms with Gasteiger partial charge in [0.25, 0.3) is 0 Å². The zero-order valence-electron chi connectivity index (χ0n) is 20.0. The lowest BCUT2D eigenvalue weighted by Gasteiger charge is -2.43. The van der Waals surface area contributed by atoms with E-state index in [4.69, 9.17) is 0 Å². The maximum atomic E-state index is 13.0. The summed E-state index contributed by atoms with van der Waals surface area (Å²) in [6.07, 6.45) is 2.15. The number of benzene rings is 4. The van der Waals surface area contributed by atoms with Gasteiger partial charge in [0.2, 0.25) is 0 Å². The summed E-state index contributed by atoms with van der Waals surface area (Å²) >= 11 is 2.24. The average Bonchev–Trinajstić information content (AvgIpc) is 2.91. The van der Waals surface area contributed by atoms with Crippen molar-refractivity contribution in [3.63, 3.8) is 0 Å². The number of nitrogens with zero attached hydrogens (tertiary/aromatic N) is 1. The van der Waals surface area contributed by atoms with Gasteiger partial charge in [-0.05, 0) is 82.0 Å². The van der Waals surface area contributed by atoms with Crippen molar-refractivity contribution in [2.75, 3.05) is 28.6 Å². The molecular weight excluding hydrogens is 557 g/mol. The molecule has 0 radical (unpaired) electrons. The van der Waals surface area contributed by atoms with Crippen molar-refractivity contribution in [3.8, 4) is 0 Å². The van der Waals surface area contributed by atoms with Gasteiger partial charge in [0.05, 0.1) is 5.69 Å². The largest absolute Gasteiger partial charge is 0.371 e. The minimum Gasteiger partial charge on any atom is -0.371 e. The van der Waals surface area contributed by atoms with Gasteiger partial charge >= 0.3 is 6.03 Å². The molecule has 0 bridgehead atoms. The van der Waals surface area contributed by atoms with Gasteiger partial charge in [0, 0.05) is 39.9 Å². The second-order valence-corrected chi connectivity index (χ2v) is 10.7. The third-order valence-corrected chi connectivity index (χ3v) is 8.34. The fourth-order valence-electron chi connectivity index (χ4n) is 5.78. The Morgan fingerprint density at radius 1 is 0.722 bits per heavy atom. The van der Waals surface area contributed by atoms with Crippen molar-refractivity contribution in [1.29, 1.82) is 0 Å². The highest BCUT2D eigenvalue weighted by molar-refractivity contribution is 14.1. The number of para-hydroxylation sites is 1. The number of carbonyl (C=O) groups excluding carboxylic acids is 1. The minimum atomic E-state index is -0.220. The highest BCUT2D eigenvalue weighted by atomic mass is 127. The van der Waals surface area contributed by atoms with E-state index >= 15 is 0 Å². The quantitative estimate of drug-likeness (QED) is 0.240. The number of carbonyl (C=O) groups is 1. The number of anilines is 3. The number of amides is 2. The number of rotatable bonds is 4. The summed E-state index contributed by atoms with van der Waals surface area (Å²) in [5.41, 5.74) is 8.32. The van der Waals surface area contributed by atoms with E-state index in [1.54, 1.807) is 0 Å². The summed E-state index contributed by atoms with van der Waals surface area (Å²) in [7, 11) is 0. The molecular formula is C31H28IN3O. The normalized spacial score (nSPS) is 18.3. The molecule has 0 saturated carbocycles. The lowest BCUT2D eigenvalue weighted by molar-refractivity contribution is 0.262. The molecule has 4 aromatic carbocycles. The molecule has 2 N–H and O–H groups in total. The van der Waals surface area contributed by atoms with Crippen molar-refractivity contribution >= 4 is 45.7 Å². The van der Waals surface area contributed by atoms with Crippen LogP contribution in [0.1, 0.15) is 46.9 Å². The van der Waals surface area contributed by atoms with Crippen LogP contribution in [0.15, 0.2) is 97.1 Å². The standard InChI is InChI=1S/C31H28IN3O/c32-28-13-7-8-14-29(28)34-31(36)33-23-19-26-24(21-9-3-1-4-10-21)15-17-35-18-16-25(27(20-23)30(26)35)22-11-5-2-6-12-22/h1-14,19-20,24-25H,15-18H2,(H2,33,34,36). The maximum absolute atomic E-state index is 13.0. The van der Waals surface area contributed by atoms with Crippen LogP contribution in [0.25, 0.3) is 0 Å². The van der Waals surface area contributed by atoms with E-state index in [9.17, 15) is 4.79 Å². The first-order valence-electron chi connectivity index (χ1n) is 12.5. The second kappa shape index (κ2) is 9.97. The Balaban J connectivity index is 1.42. The smallest absolute Gasteiger partial charge is 0.323 e. The van der Waals surface area contributed by atoms with E-state index in [-0.39, 0.29) is 6.03 Å². The number of hydrogen-bond donors (Lipinski definition) is 2. The summed E-state index contributed by atoms with van der Waals surface area (Å²) in [4.78, 5) is 15.6. The molecule has 2 aliphatic rings. The maximum Gasteiger partial charge on any atom is 0.323 e. The SMILES string of the molecule is O=C(Nc1cc2c3c(c1)C(c1ccccc1)CCN3CCC2c1ccccc1)Nc1ccccc1I.